The maximum Gasteiger partial charge on any atom is 0.251 e. The zero-order chi connectivity index (χ0) is 29.7. The molecule has 1 spiro atoms. The molecule has 222 valence electrons. The van der Waals surface area contributed by atoms with Crippen molar-refractivity contribution in [3.05, 3.63) is 63.4 Å². The minimum absolute atomic E-state index is 0.0178. The third-order valence-corrected chi connectivity index (χ3v) is 9.41. The monoisotopic (exact) mass is 609 g/mol. The van der Waals surface area contributed by atoms with Crippen molar-refractivity contribution in [3.63, 3.8) is 0 Å². The van der Waals surface area contributed by atoms with Crippen LogP contribution in [-0.4, -0.2) is 54.7 Å². The lowest BCUT2D eigenvalue weighted by molar-refractivity contribution is -0.123. The molecule has 3 aliphatic rings. The molecule has 3 aliphatic heterocycles. The first-order valence-electron chi connectivity index (χ1n) is 14.2. The second-order valence-electron chi connectivity index (χ2n) is 12.9. The zero-order valence-electron chi connectivity index (χ0n) is 23.5. The van der Waals surface area contributed by atoms with Crippen LogP contribution in [0.3, 0.4) is 0 Å². The Bertz CT molecular complexity index is 1330. The van der Waals surface area contributed by atoms with Gasteiger partial charge in [-0.3, -0.25) is 14.5 Å². The first kappa shape index (κ1) is 30.3. The average molecular weight is 611 g/mol. The number of ketones is 1. The van der Waals surface area contributed by atoms with Crippen LogP contribution >= 0.6 is 23.2 Å². The number of nitrogens with one attached hydrogen (secondary N) is 2. The third-order valence-electron chi connectivity index (χ3n) is 8.88. The minimum Gasteiger partial charge on any atom is -0.325 e. The molecule has 5 rings (SSSR count). The van der Waals surface area contributed by atoms with Crippen molar-refractivity contribution >= 4 is 40.6 Å². The second kappa shape index (κ2) is 11.5. The molecular weight excluding hydrogens is 574 g/mol. The number of carbonyl (C=O) groups excluding carboxylic acids is 2. The molecule has 2 aromatic rings. The summed E-state index contributed by atoms with van der Waals surface area (Å²) >= 11 is 12.6. The van der Waals surface area contributed by atoms with Gasteiger partial charge in [-0.25, -0.2) is 13.2 Å². The van der Waals surface area contributed by atoms with Crippen LogP contribution in [0, 0.1) is 17.2 Å². The van der Waals surface area contributed by atoms with Crippen LogP contribution in [0.4, 0.5) is 18.9 Å². The summed E-state index contributed by atoms with van der Waals surface area (Å²) < 4.78 is 41.6. The van der Waals surface area contributed by atoms with E-state index in [0.29, 0.717) is 48.6 Å². The van der Waals surface area contributed by atoms with Crippen molar-refractivity contribution in [1.82, 2.24) is 10.2 Å². The molecule has 0 aliphatic carbocycles. The highest BCUT2D eigenvalue weighted by Gasteiger charge is 2.66. The number of rotatable bonds is 7. The van der Waals surface area contributed by atoms with Gasteiger partial charge in [-0.05, 0) is 73.0 Å². The van der Waals surface area contributed by atoms with Gasteiger partial charge in [0.15, 0.2) is 5.78 Å². The highest BCUT2D eigenvalue weighted by molar-refractivity contribution is 6.31. The predicted molar refractivity (Wildman–Crippen MR) is 155 cm³/mol. The molecule has 3 heterocycles. The van der Waals surface area contributed by atoms with Crippen LogP contribution in [-0.2, 0) is 15.0 Å². The molecule has 2 N–H and O–H groups in total. The summed E-state index contributed by atoms with van der Waals surface area (Å²) in [7, 11) is 0. The topological polar surface area (TPSA) is 61.4 Å². The number of halogens is 5. The van der Waals surface area contributed by atoms with Crippen molar-refractivity contribution in [1.29, 1.82) is 0 Å². The number of piperidine rings is 1. The summed E-state index contributed by atoms with van der Waals surface area (Å²) in [6, 6.07) is 8.55. The van der Waals surface area contributed by atoms with Gasteiger partial charge in [0.1, 0.15) is 11.2 Å². The van der Waals surface area contributed by atoms with Crippen LogP contribution in [0.1, 0.15) is 63.5 Å². The molecule has 0 radical (unpaired) electrons. The smallest absolute Gasteiger partial charge is 0.251 e. The maximum atomic E-state index is 15.9. The van der Waals surface area contributed by atoms with E-state index < -0.39 is 35.7 Å². The predicted octanol–water partition coefficient (Wildman–Crippen LogP) is 6.82. The maximum absolute atomic E-state index is 15.9. The molecule has 0 saturated carbocycles. The van der Waals surface area contributed by atoms with E-state index in [-0.39, 0.29) is 46.6 Å². The van der Waals surface area contributed by atoms with E-state index in [4.69, 9.17) is 23.2 Å². The molecule has 2 aromatic carbocycles. The van der Waals surface area contributed by atoms with Crippen LogP contribution < -0.4 is 10.6 Å². The Hall–Kier alpha value is -2.13. The van der Waals surface area contributed by atoms with Gasteiger partial charge in [0.25, 0.3) is 6.43 Å². The van der Waals surface area contributed by atoms with Crippen molar-refractivity contribution in [3.8, 4) is 0 Å². The van der Waals surface area contributed by atoms with E-state index in [9.17, 15) is 18.4 Å². The van der Waals surface area contributed by atoms with E-state index in [0.717, 1.165) is 0 Å². The Morgan fingerprint density at radius 3 is 2.51 bits per heavy atom. The fourth-order valence-electron chi connectivity index (χ4n) is 7.18. The summed E-state index contributed by atoms with van der Waals surface area (Å²) in [4.78, 5) is 30.1. The Morgan fingerprint density at radius 2 is 1.85 bits per heavy atom. The van der Waals surface area contributed by atoms with Crippen molar-refractivity contribution in [2.24, 2.45) is 11.3 Å². The van der Waals surface area contributed by atoms with Gasteiger partial charge in [-0.1, -0.05) is 62.2 Å². The van der Waals surface area contributed by atoms with Gasteiger partial charge in [0, 0.05) is 29.1 Å². The number of likely N-dealkylation sites (tertiary alicyclic amines) is 1. The fourth-order valence-corrected chi connectivity index (χ4v) is 7.54. The number of alkyl halides is 2. The third kappa shape index (κ3) is 5.77. The lowest BCUT2D eigenvalue weighted by Gasteiger charge is -2.38. The molecular formula is C31H36Cl2F3N3O2. The molecule has 41 heavy (non-hydrogen) atoms. The lowest BCUT2D eigenvalue weighted by Crippen LogP contribution is -2.49. The first-order valence-corrected chi connectivity index (χ1v) is 14.9. The minimum atomic E-state index is -2.39. The molecule has 0 aromatic heterocycles. The second-order valence-corrected chi connectivity index (χ2v) is 13.7. The summed E-state index contributed by atoms with van der Waals surface area (Å²) in [5.41, 5.74) is -0.0829. The lowest BCUT2D eigenvalue weighted by atomic mass is 9.62. The summed E-state index contributed by atoms with van der Waals surface area (Å²) in [6.45, 7) is 6.93. The summed E-state index contributed by atoms with van der Waals surface area (Å²) in [5, 5.41) is 6.88. The number of hydrogen-bond acceptors (Lipinski definition) is 4. The van der Waals surface area contributed by atoms with Gasteiger partial charge in [-0.2, -0.15) is 0 Å². The molecule has 0 bridgehead atoms. The van der Waals surface area contributed by atoms with Crippen LogP contribution in [0.2, 0.25) is 10.0 Å². The Kier molecular flexibility index (Phi) is 8.52. The zero-order valence-corrected chi connectivity index (χ0v) is 25.0. The first-order chi connectivity index (χ1) is 19.3. The number of amides is 1. The van der Waals surface area contributed by atoms with E-state index in [2.05, 4.69) is 31.4 Å². The standard InChI is InChI=1S/C31H36Cl2F3N3O2/c1-30(2,3)15-24-31(20-8-7-18(32)14-22(20)37-29(31)41)26(19-5-4-6-21(33)27(19)36)28(38-24)23(40)13-17-9-11-39(12-10-17)16-25(34)35/h4-8,14,17,24-26,28,38H,9-13,15-16H2,1-3H3,(H,37,41)/t24-,26+,28+,31+/m1/s1. The number of anilines is 1. The number of Topliss-reactive ketones (excluding diaryl/α,β-unsaturated/α-hetero) is 1. The molecule has 5 nitrogen and oxygen atoms in total. The molecule has 4 atom stereocenters. The van der Waals surface area contributed by atoms with E-state index >= 15 is 4.39 Å². The molecule has 2 fully saturated rings. The normalized spacial score (nSPS) is 27.0. The van der Waals surface area contributed by atoms with E-state index in [1.807, 2.05) is 0 Å². The number of benzene rings is 2. The van der Waals surface area contributed by atoms with Crippen molar-refractivity contribution in [2.45, 2.75) is 76.3 Å². The Morgan fingerprint density at radius 1 is 1.15 bits per heavy atom. The quantitative estimate of drug-likeness (QED) is 0.362. The highest BCUT2D eigenvalue weighted by atomic mass is 35.5. The van der Waals surface area contributed by atoms with Gasteiger partial charge in [0.05, 0.1) is 17.6 Å². The summed E-state index contributed by atoms with van der Waals surface area (Å²) in [5.74, 6) is -1.93. The fraction of sp³-hybridized carbons (Fsp3) is 0.548. The number of hydrogen-bond donors (Lipinski definition) is 2. The number of fused-ring (bicyclic) bond motifs is 2. The number of carbonyl (C=O) groups is 2. The van der Waals surface area contributed by atoms with E-state index in [1.165, 1.54) is 6.07 Å². The average Bonchev–Trinajstić information content (AvgIpc) is 3.35. The molecule has 2 saturated heterocycles. The van der Waals surface area contributed by atoms with Gasteiger partial charge in [0.2, 0.25) is 5.91 Å². The van der Waals surface area contributed by atoms with Gasteiger partial charge < -0.3 is 10.6 Å². The number of nitrogens with zero attached hydrogens (tertiary/aromatic N) is 1. The van der Waals surface area contributed by atoms with Crippen LogP contribution in [0.25, 0.3) is 0 Å². The SMILES string of the molecule is CC(C)(C)C[C@H]1N[C@@H](C(=O)CC2CCN(CC(F)F)CC2)[C@H](c2cccc(Cl)c2F)[C@@]12C(=O)Nc1cc(Cl)ccc12. The highest BCUT2D eigenvalue weighted by Crippen LogP contribution is 2.57. The van der Waals surface area contributed by atoms with Gasteiger partial charge >= 0.3 is 0 Å². The summed E-state index contributed by atoms with van der Waals surface area (Å²) in [6.07, 6.45) is -0.390. The van der Waals surface area contributed by atoms with Gasteiger partial charge in [-0.15, -0.1) is 0 Å². The molecule has 10 heteroatoms. The largest absolute Gasteiger partial charge is 0.325 e. The Labute approximate surface area is 249 Å². The molecule has 1 amide bonds. The van der Waals surface area contributed by atoms with E-state index in [1.54, 1.807) is 35.2 Å². The van der Waals surface area contributed by atoms with Crippen molar-refractivity contribution in [2.75, 3.05) is 25.0 Å². The van der Waals surface area contributed by atoms with Crippen molar-refractivity contribution < 1.29 is 22.8 Å². The van der Waals surface area contributed by atoms with Crippen LogP contribution in [0.5, 0.6) is 0 Å². The Balaban J connectivity index is 1.58. The van der Waals surface area contributed by atoms with Crippen LogP contribution in [0.15, 0.2) is 36.4 Å². The molecule has 0 unspecified atom stereocenters.